The Morgan fingerprint density at radius 3 is 2.89 bits per heavy atom. The molecule has 0 aliphatic rings. The second-order valence-corrected chi connectivity index (χ2v) is 6.82. The summed E-state index contributed by atoms with van der Waals surface area (Å²) in [6, 6.07) is 10.8. The molecule has 0 aliphatic carbocycles. The molecular formula is C19H16N4O3S. The van der Waals surface area contributed by atoms with Gasteiger partial charge in [0.2, 0.25) is 0 Å². The van der Waals surface area contributed by atoms with Gasteiger partial charge in [0.05, 0.1) is 11.3 Å². The van der Waals surface area contributed by atoms with E-state index in [1.807, 2.05) is 32.0 Å². The molecule has 27 heavy (non-hydrogen) atoms. The van der Waals surface area contributed by atoms with Gasteiger partial charge in [-0.15, -0.1) is 11.3 Å². The van der Waals surface area contributed by atoms with E-state index in [1.54, 1.807) is 28.3 Å². The predicted molar refractivity (Wildman–Crippen MR) is 104 cm³/mol. The van der Waals surface area contributed by atoms with Crippen molar-refractivity contribution in [3.8, 4) is 11.3 Å². The van der Waals surface area contributed by atoms with E-state index < -0.39 is 5.63 Å². The van der Waals surface area contributed by atoms with E-state index in [-0.39, 0.29) is 5.91 Å². The lowest BCUT2D eigenvalue weighted by atomic mass is 10.1. The van der Waals surface area contributed by atoms with Crippen LogP contribution in [0.5, 0.6) is 0 Å². The minimum Gasteiger partial charge on any atom is -0.422 e. The van der Waals surface area contributed by atoms with Crippen LogP contribution in [0.3, 0.4) is 0 Å². The van der Waals surface area contributed by atoms with Gasteiger partial charge >= 0.3 is 5.63 Å². The molecular weight excluding hydrogens is 364 g/mol. The number of nitrogens with one attached hydrogen (secondary N) is 1. The quantitative estimate of drug-likeness (QED) is 0.545. The highest BCUT2D eigenvalue weighted by molar-refractivity contribution is 7.14. The number of anilines is 1. The molecule has 0 bridgehead atoms. The molecule has 1 aromatic carbocycles. The fourth-order valence-corrected chi connectivity index (χ4v) is 3.50. The number of rotatable bonds is 4. The Bertz CT molecular complexity index is 1210. The fourth-order valence-electron chi connectivity index (χ4n) is 2.80. The molecule has 3 aromatic heterocycles. The summed E-state index contributed by atoms with van der Waals surface area (Å²) in [5.41, 5.74) is 2.13. The number of para-hydroxylation sites is 1. The van der Waals surface area contributed by atoms with Crippen molar-refractivity contribution in [1.82, 2.24) is 14.8 Å². The van der Waals surface area contributed by atoms with Crippen LogP contribution < -0.4 is 10.9 Å². The third kappa shape index (κ3) is 3.26. The average Bonchev–Trinajstić information content (AvgIpc) is 3.27. The van der Waals surface area contributed by atoms with Gasteiger partial charge in [0.15, 0.2) is 10.8 Å². The fraction of sp³-hybridized carbons (Fsp3) is 0.158. The number of aryl methyl sites for hydroxylation is 2. The van der Waals surface area contributed by atoms with Crippen LogP contribution in [-0.2, 0) is 6.54 Å². The molecule has 4 rings (SSSR count). The highest BCUT2D eigenvalue weighted by Crippen LogP contribution is 2.25. The first-order chi connectivity index (χ1) is 13.0. The maximum Gasteiger partial charge on any atom is 0.345 e. The summed E-state index contributed by atoms with van der Waals surface area (Å²) < 4.78 is 7.10. The number of aromatic nitrogens is 3. The van der Waals surface area contributed by atoms with E-state index in [0.717, 1.165) is 11.1 Å². The molecule has 0 fully saturated rings. The Kier molecular flexibility index (Phi) is 4.33. The zero-order chi connectivity index (χ0) is 19.0. The monoisotopic (exact) mass is 380 g/mol. The lowest BCUT2D eigenvalue weighted by molar-refractivity contribution is 0.102. The predicted octanol–water partition coefficient (Wildman–Crippen LogP) is 3.69. The smallest absolute Gasteiger partial charge is 0.345 e. The standard InChI is InChI=1S/C19H16N4O3S/c1-3-23-11(2)8-14(22-23)17(24)21-19-20-15(10-27-19)13-9-12-6-4-5-7-16(12)26-18(13)25/h4-10H,3H2,1-2H3,(H,20,21,24). The maximum atomic E-state index is 12.4. The lowest BCUT2D eigenvalue weighted by Crippen LogP contribution is -2.13. The number of hydrogen-bond acceptors (Lipinski definition) is 6. The van der Waals surface area contributed by atoms with E-state index >= 15 is 0 Å². The summed E-state index contributed by atoms with van der Waals surface area (Å²) in [5.74, 6) is -0.336. The summed E-state index contributed by atoms with van der Waals surface area (Å²) in [6.45, 7) is 4.55. The molecule has 1 amide bonds. The van der Waals surface area contributed by atoms with Gasteiger partial charge in [-0.05, 0) is 32.0 Å². The Hall–Kier alpha value is -3.26. The summed E-state index contributed by atoms with van der Waals surface area (Å²) in [4.78, 5) is 29.0. The molecule has 0 aliphatic heterocycles. The first-order valence-corrected chi connectivity index (χ1v) is 9.27. The third-order valence-corrected chi connectivity index (χ3v) is 4.91. The van der Waals surface area contributed by atoms with Crippen molar-refractivity contribution in [3.05, 3.63) is 63.6 Å². The van der Waals surface area contributed by atoms with Gasteiger partial charge in [-0.1, -0.05) is 18.2 Å². The molecule has 3 heterocycles. The topological polar surface area (TPSA) is 90.0 Å². The molecule has 0 unspecified atom stereocenters. The van der Waals surface area contributed by atoms with Crippen LogP contribution in [-0.4, -0.2) is 20.7 Å². The van der Waals surface area contributed by atoms with Crippen LogP contribution in [0.4, 0.5) is 5.13 Å². The van der Waals surface area contributed by atoms with Gasteiger partial charge in [0.1, 0.15) is 5.58 Å². The number of thiazole rings is 1. The molecule has 0 radical (unpaired) electrons. The van der Waals surface area contributed by atoms with Crippen molar-refractivity contribution >= 4 is 33.3 Å². The first kappa shape index (κ1) is 17.2. The third-order valence-electron chi connectivity index (χ3n) is 4.16. The molecule has 136 valence electrons. The number of carbonyl (C=O) groups is 1. The average molecular weight is 380 g/mol. The molecule has 0 saturated carbocycles. The van der Waals surface area contributed by atoms with Gasteiger partial charge < -0.3 is 4.42 Å². The summed E-state index contributed by atoms with van der Waals surface area (Å²) in [6.07, 6.45) is 0. The number of hydrogen-bond donors (Lipinski definition) is 1. The Morgan fingerprint density at radius 2 is 2.11 bits per heavy atom. The second-order valence-electron chi connectivity index (χ2n) is 5.96. The zero-order valence-corrected chi connectivity index (χ0v) is 15.5. The summed E-state index contributed by atoms with van der Waals surface area (Å²) in [5, 5.41) is 9.90. The molecule has 0 atom stereocenters. The zero-order valence-electron chi connectivity index (χ0n) is 14.7. The molecule has 0 spiro atoms. The van der Waals surface area contributed by atoms with Gasteiger partial charge in [-0.25, -0.2) is 9.78 Å². The van der Waals surface area contributed by atoms with Crippen LogP contribution in [0.1, 0.15) is 23.1 Å². The van der Waals surface area contributed by atoms with E-state index in [1.165, 1.54) is 11.3 Å². The van der Waals surface area contributed by atoms with Crippen molar-refractivity contribution < 1.29 is 9.21 Å². The first-order valence-electron chi connectivity index (χ1n) is 8.39. The van der Waals surface area contributed by atoms with Crippen molar-refractivity contribution in [1.29, 1.82) is 0 Å². The normalized spacial score (nSPS) is 11.0. The van der Waals surface area contributed by atoms with Gasteiger partial charge in [0, 0.05) is 23.0 Å². The number of nitrogens with zero attached hydrogens (tertiary/aromatic N) is 3. The minimum absolute atomic E-state index is 0.330. The number of fused-ring (bicyclic) bond motifs is 1. The van der Waals surface area contributed by atoms with Gasteiger partial charge in [-0.3, -0.25) is 14.8 Å². The highest BCUT2D eigenvalue weighted by atomic mass is 32.1. The van der Waals surface area contributed by atoms with Gasteiger partial charge in [0.25, 0.3) is 5.91 Å². The second kappa shape index (κ2) is 6.81. The minimum atomic E-state index is -0.464. The molecule has 4 aromatic rings. The Morgan fingerprint density at radius 1 is 1.30 bits per heavy atom. The van der Waals surface area contributed by atoms with Crippen LogP contribution in [0.2, 0.25) is 0 Å². The number of benzene rings is 1. The van der Waals surface area contributed by atoms with E-state index in [0.29, 0.717) is 34.2 Å². The number of carbonyl (C=O) groups excluding carboxylic acids is 1. The molecule has 7 nitrogen and oxygen atoms in total. The van der Waals surface area contributed by atoms with Crippen molar-refractivity contribution in [2.75, 3.05) is 5.32 Å². The van der Waals surface area contributed by atoms with E-state index in [2.05, 4.69) is 15.4 Å². The van der Waals surface area contributed by atoms with Crippen LogP contribution in [0, 0.1) is 6.92 Å². The van der Waals surface area contributed by atoms with E-state index in [9.17, 15) is 9.59 Å². The lowest BCUT2D eigenvalue weighted by Gasteiger charge is -2.00. The van der Waals surface area contributed by atoms with Crippen molar-refractivity contribution in [2.24, 2.45) is 0 Å². The molecule has 1 N–H and O–H groups in total. The summed E-state index contributed by atoms with van der Waals surface area (Å²) >= 11 is 1.24. The van der Waals surface area contributed by atoms with Crippen molar-refractivity contribution in [2.45, 2.75) is 20.4 Å². The highest BCUT2D eigenvalue weighted by Gasteiger charge is 2.16. The van der Waals surface area contributed by atoms with Gasteiger partial charge in [-0.2, -0.15) is 5.10 Å². The maximum absolute atomic E-state index is 12.4. The van der Waals surface area contributed by atoms with Crippen LogP contribution in [0.25, 0.3) is 22.2 Å². The molecule has 0 saturated heterocycles. The van der Waals surface area contributed by atoms with E-state index in [4.69, 9.17) is 4.42 Å². The van der Waals surface area contributed by atoms with Crippen LogP contribution in [0.15, 0.2) is 51.0 Å². The van der Waals surface area contributed by atoms with Crippen LogP contribution >= 0.6 is 11.3 Å². The van der Waals surface area contributed by atoms with Crippen molar-refractivity contribution in [3.63, 3.8) is 0 Å². The Labute approximate surface area is 158 Å². The largest absolute Gasteiger partial charge is 0.422 e. The number of amides is 1. The molecule has 8 heteroatoms. The summed E-state index contributed by atoms with van der Waals surface area (Å²) in [7, 11) is 0. The Balaban J connectivity index is 1.61. The SMILES string of the molecule is CCn1nc(C(=O)Nc2nc(-c3cc4ccccc4oc3=O)cs2)cc1C.